The first-order valence-electron chi connectivity index (χ1n) is 47.9. The smallest absolute Gasteiger partial charge is 0.498 e. The van der Waals surface area contributed by atoms with E-state index in [4.69, 9.17) is 37.7 Å². The van der Waals surface area contributed by atoms with Gasteiger partial charge in [0.05, 0.1) is 103 Å². The van der Waals surface area contributed by atoms with Crippen molar-refractivity contribution in [1.82, 2.24) is 13.7 Å². The average Bonchev–Trinajstić information content (AvgIpc) is 1.58. The zero-order valence-electron chi connectivity index (χ0n) is 84.0. The van der Waals surface area contributed by atoms with Crippen LogP contribution in [0.25, 0.3) is 105 Å². The normalized spacial score (nSPS) is 15.0. The molecule has 2 aliphatic heterocycles. The van der Waals surface area contributed by atoms with Crippen LogP contribution < -0.4 is 29.1 Å². The van der Waals surface area contributed by atoms with Crippen molar-refractivity contribution in [2.24, 2.45) is 0 Å². The fraction of sp³-hybridized carbons (Fsp3) is 0.397. The number of thiophene rings is 4. The van der Waals surface area contributed by atoms with Gasteiger partial charge in [-0.05, 0) is 305 Å². The predicted molar refractivity (Wildman–Crippen MR) is 583 cm³/mol. The van der Waals surface area contributed by atoms with E-state index in [1.54, 1.807) is 45.3 Å². The second kappa shape index (κ2) is 39.1. The van der Waals surface area contributed by atoms with Crippen LogP contribution in [-0.2, 0) is 46.5 Å². The van der Waals surface area contributed by atoms with E-state index in [0.29, 0.717) is 19.8 Å². The Bertz CT molecular complexity index is 6560. The van der Waals surface area contributed by atoms with E-state index in [-0.39, 0.29) is 50.3 Å². The Hall–Kier alpha value is -9.32. The number of aryl methyl sites for hydroxylation is 3. The molecular formula is C116H134BBr2N3O10S4. The Morgan fingerprint density at radius 3 is 0.941 bits per heavy atom. The number of fused-ring (bicyclic) bond motifs is 9. The van der Waals surface area contributed by atoms with Crippen molar-refractivity contribution in [1.29, 1.82) is 0 Å². The molecule has 0 aliphatic carbocycles. The number of aromatic nitrogens is 3. The molecule has 18 rings (SSSR count). The van der Waals surface area contributed by atoms with Crippen molar-refractivity contribution in [3.8, 4) is 79.6 Å². The Labute approximate surface area is 838 Å². The highest BCUT2D eigenvalue weighted by molar-refractivity contribution is 9.11. The molecule has 9 heterocycles. The maximum absolute atomic E-state index is 12.3. The molecule has 0 spiro atoms. The largest absolute Gasteiger partial charge is 0.505 e. The highest BCUT2D eigenvalue weighted by Crippen LogP contribution is 2.51. The van der Waals surface area contributed by atoms with Gasteiger partial charge in [-0.2, -0.15) is 0 Å². The van der Waals surface area contributed by atoms with Crippen molar-refractivity contribution < 1.29 is 47.9 Å². The lowest BCUT2D eigenvalue weighted by atomic mass is 9.77. The number of hydrogen-bond acceptors (Lipinski definition) is 14. The summed E-state index contributed by atoms with van der Waals surface area (Å²) in [5.74, 6) is 4.59. The fourth-order valence-electron chi connectivity index (χ4n) is 18.1. The van der Waals surface area contributed by atoms with Gasteiger partial charge >= 0.3 is 7.12 Å². The second-order valence-corrected chi connectivity index (χ2v) is 48.9. The Morgan fingerprint density at radius 2 is 0.647 bits per heavy atom. The third kappa shape index (κ3) is 21.0. The van der Waals surface area contributed by atoms with Crippen LogP contribution in [0.15, 0.2) is 198 Å². The topological polar surface area (TPSA) is 129 Å². The van der Waals surface area contributed by atoms with Crippen LogP contribution >= 0.6 is 77.2 Å². The van der Waals surface area contributed by atoms with Gasteiger partial charge in [0.25, 0.3) is 0 Å². The van der Waals surface area contributed by atoms with Crippen LogP contribution in [0.2, 0.25) is 0 Å². The zero-order chi connectivity index (χ0) is 97.4. The highest BCUT2D eigenvalue weighted by Gasteiger charge is 2.53. The highest BCUT2D eigenvalue weighted by atomic mass is 79.9. The van der Waals surface area contributed by atoms with Crippen molar-refractivity contribution in [3.05, 3.63) is 248 Å². The monoisotopic (exact) mass is 2030 g/mol. The molecule has 1 unspecified atom stereocenters. The molecule has 2 saturated heterocycles. The summed E-state index contributed by atoms with van der Waals surface area (Å²) < 4.78 is 59.5. The van der Waals surface area contributed by atoms with Crippen LogP contribution in [0.3, 0.4) is 0 Å². The standard InChI is InChI=1S/C66H72N2O4S2.C38H50BNO4.C12H12Br2O2S2/c1-39-27-49(61(69)57(29-39)67-53-21-17-41(63(3,4)5)31-45(53)46-32-42(64(6,7)8)18-22-54(46)67)51-35-73-37-59(51)71-25-15-16-26-72-60-38-74-36-52(60)50-28-40(2)30-58(62(50)70)68-55-23-19-43(65(9,10)11)33-47(55)48-34-44(66(12,13)14)20-24-56(48)68;1-24-20-29(39-43-37(8,9)38(10,11)44-39)34(42-33-14-12-13-19-41-33)32(21-24)40-30-17-15-25(35(2,3)4)22-27(30)28-23-26(36(5,6)7)16-18-31(28)40;13-9-5-17-7-11(9)15-3-1-2-4-16-12-8-18-6-10(12)14/h17-24,27-38,69-70H,15-16,25-26H2,1-14H3;15-18,20-23,33H,12-14,19H2,1-11H3;5-8H,1-4H2. The van der Waals surface area contributed by atoms with Gasteiger partial charge in [0, 0.05) is 109 Å². The summed E-state index contributed by atoms with van der Waals surface area (Å²) in [6.07, 6.45) is 6.20. The number of nitrogens with zero attached hydrogens (tertiary/aromatic N) is 3. The van der Waals surface area contributed by atoms with Gasteiger partial charge in [-0.3, -0.25) is 0 Å². The second-order valence-electron chi connectivity index (χ2n) is 44.2. The van der Waals surface area contributed by atoms with Gasteiger partial charge < -0.3 is 61.6 Å². The molecule has 2 aliphatic rings. The van der Waals surface area contributed by atoms with Crippen LogP contribution in [0.1, 0.15) is 247 Å². The third-order valence-corrected chi connectivity index (χ3v) is 31.7. The number of halogens is 2. The molecule has 0 radical (unpaired) electrons. The van der Waals surface area contributed by atoms with E-state index in [1.165, 1.54) is 65.7 Å². The van der Waals surface area contributed by atoms with Gasteiger partial charge in [-0.25, -0.2) is 0 Å². The molecule has 1 atom stereocenters. The van der Waals surface area contributed by atoms with E-state index in [9.17, 15) is 10.2 Å². The Balaban J connectivity index is 0.000000181. The lowest BCUT2D eigenvalue weighted by Gasteiger charge is -2.32. The number of hydrogen-bond donors (Lipinski definition) is 2. The lowest BCUT2D eigenvalue weighted by Crippen LogP contribution is -2.41. The lowest BCUT2D eigenvalue weighted by molar-refractivity contribution is -0.105. The van der Waals surface area contributed by atoms with E-state index in [0.717, 1.165) is 190 Å². The number of benzene rings is 9. The summed E-state index contributed by atoms with van der Waals surface area (Å²) >= 11 is 13.3. The maximum Gasteiger partial charge on any atom is 0.498 e. The summed E-state index contributed by atoms with van der Waals surface area (Å²) in [4.78, 5) is 0. The van der Waals surface area contributed by atoms with E-state index < -0.39 is 18.3 Å². The first kappa shape index (κ1) is 99.7. The summed E-state index contributed by atoms with van der Waals surface area (Å²) in [5, 5.41) is 48.2. The van der Waals surface area contributed by atoms with Crippen LogP contribution in [-0.4, -0.2) is 81.6 Å². The first-order chi connectivity index (χ1) is 64.1. The number of phenols is 2. The quantitative estimate of drug-likeness (QED) is 0.0500. The molecule has 0 amide bonds. The molecule has 0 saturated carbocycles. The van der Waals surface area contributed by atoms with Crippen LogP contribution in [0.5, 0.6) is 40.2 Å². The maximum atomic E-state index is 12.3. The minimum Gasteiger partial charge on any atom is -0.505 e. The molecule has 2 fully saturated rings. The third-order valence-electron chi connectivity index (χ3n) is 26.9. The average molecular weight is 2030 g/mol. The van der Waals surface area contributed by atoms with Crippen LogP contribution in [0.4, 0.5) is 0 Å². The van der Waals surface area contributed by atoms with E-state index >= 15 is 0 Å². The van der Waals surface area contributed by atoms with Crippen LogP contribution in [0, 0.1) is 20.8 Å². The minimum absolute atomic E-state index is 0.0116. The molecule has 0 bridgehead atoms. The molecule has 136 heavy (non-hydrogen) atoms. The summed E-state index contributed by atoms with van der Waals surface area (Å²) in [7, 11) is -0.565. The van der Waals surface area contributed by atoms with Gasteiger partial charge in [0.1, 0.15) is 40.2 Å². The molecule has 13 nitrogen and oxygen atoms in total. The summed E-state index contributed by atoms with van der Waals surface area (Å²) in [6.45, 7) is 58.6. The molecule has 20 heteroatoms. The molecule has 9 aromatic carbocycles. The Kier molecular flexibility index (Phi) is 28.6. The minimum atomic E-state index is -0.565. The predicted octanol–water partition coefficient (Wildman–Crippen LogP) is 33.3. The number of unbranched alkanes of at least 4 members (excludes halogenated alkanes) is 2. The zero-order valence-corrected chi connectivity index (χ0v) is 90.4. The molecule has 16 aromatic rings. The van der Waals surface area contributed by atoms with E-state index in [1.807, 2.05) is 32.3 Å². The van der Waals surface area contributed by atoms with Crippen molar-refractivity contribution in [2.45, 2.75) is 268 Å². The molecule has 714 valence electrons. The number of ether oxygens (including phenoxy) is 6. The SMILES string of the molecule is Brc1cscc1OCCCCOc1cscc1Br.Cc1cc(-c2cscc2OCCCCOc2cscc2-c2cc(C)cc(-n3c4ccc(C(C)(C)C)cc4c4cc(C(C)(C)C)ccc43)c2O)c(O)c(-n2c3ccc(C(C)(C)C)cc3c3cc(C(C)(C)C)ccc32)c1.Cc1cc(B2OC(C)(C)C(C)(C)O2)c(OC2CCCCO2)c(-n2c3ccc(C(C)(C)C)cc3c3cc(C(C)(C)C)ccc32)c1. The van der Waals surface area contributed by atoms with Crippen molar-refractivity contribution in [2.75, 3.05) is 33.0 Å². The van der Waals surface area contributed by atoms with Crippen molar-refractivity contribution >= 4 is 155 Å². The first-order valence-corrected chi connectivity index (χ1v) is 53.3. The Morgan fingerprint density at radius 1 is 0.360 bits per heavy atom. The molecule has 7 aromatic heterocycles. The van der Waals surface area contributed by atoms with Crippen molar-refractivity contribution in [3.63, 3.8) is 0 Å². The summed E-state index contributed by atoms with van der Waals surface area (Å²) in [5.41, 5.74) is 23.2. The summed E-state index contributed by atoms with van der Waals surface area (Å²) in [6, 6.07) is 53.7. The van der Waals surface area contributed by atoms with Gasteiger partial charge in [0.15, 0.2) is 6.29 Å². The van der Waals surface area contributed by atoms with Gasteiger partial charge in [-0.1, -0.05) is 167 Å². The number of rotatable bonds is 22. The molecule has 2 N–H and O–H groups in total. The number of phenolic OH excluding ortho intramolecular Hbond substituents is 2. The van der Waals surface area contributed by atoms with Gasteiger partial charge in [-0.15, -0.1) is 45.3 Å². The van der Waals surface area contributed by atoms with Gasteiger partial charge in [0.2, 0.25) is 0 Å². The number of aromatic hydroxyl groups is 2. The molecular weight excluding hydrogens is 1890 g/mol. The fourth-order valence-corrected chi connectivity index (χ4v) is 22.3. The van der Waals surface area contributed by atoms with E-state index in [2.05, 4.69) is 375 Å².